The fourth-order valence-electron chi connectivity index (χ4n) is 1.85. The monoisotopic (exact) mass is 293 g/mol. The number of amides is 1. The number of benzene rings is 1. The Kier molecular flexibility index (Phi) is 6.72. The van der Waals surface area contributed by atoms with Crippen molar-refractivity contribution < 1.29 is 19.1 Å². The largest absolute Gasteiger partial charge is 0.481 e. The second-order valence-electron chi connectivity index (χ2n) is 4.76. The van der Waals surface area contributed by atoms with E-state index in [-0.39, 0.29) is 12.5 Å². The van der Waals surface area contributed by atoms with Gasteiger partial charge in [-0.1, -0.05) is 19.1 Å². The first kappa shape index (κ1) is 17.0. The third-order valence-electron chi connectivity index (χ3n) is 3.04. The third-order valence-corrected chi connectivity index (χ3v) is 3.04. The average Bonchev–Trinajstić information content (AvgIpc) is 2.47. The maximum Gasteiger partial charge on any atom is 0.325 e. The number of nitrogens with zero attached hydrogens (tertiary/aromatic N) is 1. The highest BCUT2D eigenvalue weighted by atomic mass is 16.5. The number of rotatable bonds is 7. The smallest absolute Gasteiger partial charge is 0.325 e. The highest BCUT2D eigenvalue weighted by Crippen LogP contribution is 2.14. The summed E-state index contributed by atoms with van der Waals surface area (Å²) in [6.45, 7) is 5.70. The van der Waals surface area contributed by atoms with Gasteiger partial charge >= 0.3 is 5.97 Å². The van der Waals surface area contributed by atoms with E-state index in [1.807, 2.05) is 24.3 Å². The zero-order valence-electron chi connectivity index (χ0n) is 13.1. The molecule has 1 aromatic rings. The van der Waals surface area contributed by atoms with Gasteiger partial charge in [-0.25, -0.2) is 0 Å². The van der Waals surface area contributed by atoms with Gasteiger partial charge in [0.05, 0.1) is 6.61 Å². The van der Waals surface area contributed by atoms with Crippen LogP contribution in [0.4, 0.5) is 0 Å². The fourth-order valence-corrected chi connectivity index (χ4v) is 1.85. The molecule has 21 heavy (non-hydrogen) atoms. The molecule has 0 aliphatic heterocycles. The molecule has 0 N–H and O–H groups in total. The summed E-state index contributed by atoms with van der Waals surface area (Å²) in [4.78, 5) is 24.8. The maximum atomic E-state index is 12.1. The quantitative estimate of drug-likeness (QED) is 0.722. The van der Waals surface area contributed by atoms with Crippen molar-refractivity contribution in [1.82, 2.24) is 4.90 Å². The molecule has 5 nitrogen and oxygen atoms in total. The summed E-state index contributed by atoms with van der Waals surface area (Å²) in [5, 5.41) is 0. The molecule has 0 spiro atoms. The topological polar surface area (TPSA) is 55.8 Å². The van der Waals surface area contributed by atoms with Crippen LogP contribution in [0.5, 0.6) is 5.75 Å². The summed E-state index contributed by atoms with van der Waals surface area (Å²) in [7, 11) is 1.55. The van der Waals surface area contributed by atoms with Gasteiger partial charge < -0.3 is 14.4 Å². The second kappa shape index (κ2) is 8.29. The van der Waals surface area contributed by atoms with Crippen LogP contribution in [0.2, 0.25) is 0 Å². The first-order valence-electron chi connectivity index (χ1n) is 7.14. The van der Waals surface area contributed by atoms with Gasteiger partial charge in [0.25, 0.3) is 5.91 Å². The number of carbonyl (C=O) groups excluding carboxylic acids is 2. The Bertz CT molecular complexity index is 470. The summed E-state index contributed by atoms with van der Waals surface area (Å²) in [5.74, 6) is -0.0481. The van der Waals surface area contributed by atoms with Crippen molar-refractivity contribution >= 4 is 11.9 Å². The lowest BCUT2D eigenvalue weighted by Gasteiger charge is -2.21. The van der Waals surface area contributed by atoms with Crippen LogP contribution in [0.1, 0.15) is 26.3 Å². The minimum atomic E-state index is -0.656. The Labute approximate surface area is 125 Å². The molecule has 0 heterocycles. The van der Waals surface area contributed by atoms with E-state index in [1.54, 1.807) is 20.9 Å². The van der Waals surface area contributed by atoms with Crippen molar-refractivity contribution in [2.24, 2.45) is 0 Å². The summed E-state index contributed by atoms with van der Waals surface area (Å²) < 4.78 is 10.4. The fraction of sp³-hybridized carbons (Fsp3) is 0.500. The van der Waals surface area contributed by atoms with Crippen LogP contribution >= 0.6 is 0 Å². The number of ether oxygens (including phenoxy) is 2. The van der Waals surface area contributed by atoms with Crippen LogP contribution in [0.3, 0.4) is 0 Å². The van der Waals surface area contributed by atoms with E-state index in [4.69, 9.17) is 9.47 Å². The van der Waals surface area contributed by atoms with Crippen LogP contribution in [0.15, 0.2) is 24.3 Å². The van der Waals surface area contributed by atoms with Gasteiger partial charge in [0.1, 0.15) is 12.3 Å². The van der Waals surface area contributed by atoms with Crippen molar-refractivity contribution in [3.8, 4) is 5.75 Å². The first-order chi connectivity index (χ1) is 9.97. The summed E-state index contributed by atoms with van der Waals surface area (Å²) in [6, 6.07) is 7.62. The standard InChI is InChI=1S/C16H23NO4/c1-5-13-7-9-14(10-8-13)21-12(3)16(19)17(4)11-15(18)20-6-2/h7-10,12H,5-6,11H2,1-4H3. The summed E-state index contributed by atoms with van der Waals surface area (Å²) >= 11 is 0. The molecule has 0 saturated carbocycles. The molecule has 1 atom stereocenters. The van der Waals surface area contributed by atoms with Crippen molar-refractivity contribution in [2.45, 2.75) is 33.3 Å². The molecule has 0 bridgehead atoms. The van der Waals surface area contributed by atoms with Crippen LogP contribution < -0.4 is 4.74 Å². The van der Waals surface area contributed by atoms with Crippen molar-refractivity contribution in [3.05, 3.63) is 29.8 Å². The molecule has 1 aromatic carbocycles. The number of hydrogen-bond donors (Lipinski definition) is 0. The molecule has 0 aliphatic rings. The minimum absolute atomic E-state index is 0.0743. The maximum absolute atomic E-state index is 12.1. The minimum Gasteiger partial charge on any atom is -0.481 e. The predicted molar refractivity (Wildman–Crippen MR) is 80.2 cm³/mol. The zero-order chi connectivity index (χ0) is 15.8. The first-order valence-corrected chi connectivity index (χ1v) is 7.14. The van der Waals surface area contributed by atoms with Gasteiger partial charge in [-0.15, -0.1) is 0 Å². The third kappa shape index (κ3) is 5.45. The molecule has 116 valence electrons. The van der Waals surface area contributed by atoms with E-state index in [0.717, 1.165) is 6.42 Å². The molecule has 1 rings (SSSR count). The number of hydrogen-bond acceptors (Lipinski definition) is 4. The van der Waals surface area contributed by atoms with Gasteiger partial charge in [0.2, 0.25) is 0 Å². The Balaban J connectivity index is 2.54. The lowest BCUT2D eigenvalue weighted by Crippen LogP contribution is -2.41. The molecule has 0 radical (unpaired) electrons. The molecule has 0 saturated heterocycles. The average molecular weight is 293 g/mol. The summed E-state index contributed by atoms with van der Waals surface area (Å²) in [6.07, 6.45) is 0.300. The Hall–Kier alpha value is -2.04. The lowest BCUT2D eigenvalue weighted by atomic mass is 10.2. The zero-order valence-corrected chi connectivity index (χ0v) is 13.1. The molecule has 5 heteroatoms. The molecule has 1 amide bonds. The molecule has 0 aromatic heterocycles. The van der Waals surface area contributed by atoms with E-state index in [1.165, 1.54) is 10.5 Å². The van der Waals surface area contributed by atoms with Gasteiger partial charge in [0, 0.05) is 7.05 Å². The highest BCUT2D eigenvalue weighted by Gasteiger charge is 2.21. The summed E-state index contributed by atoms with van der Waals surface area (Å²) in [5.41, 5.74) is 1.21. The van der Waals surface area contributed by atoms with Gasteiger partial charge in [0.15, 0.2) is 6.10 Å². The highest BCUT2D eigenvalue weighted by molar-refractivity contribution is 5.84. The SMILES string of the molecule is CCOC(=O)CN(C)C(=O)C(C)Oc1ccc(CC)cc1. The van der Waals surface area contributed by atoms with Crippen molar-refractivity contribution in [2.75, 3.05) is 20.2 Å². The van der Waals surface area contributed by atoms with Crippen LogP contribution in [-0.4, -0.2) is 43.1 Å². The Morgan fingerprint density at radius 3 is 2.33 bits per heavy atom. The van der Waals surface area contributed by atoms with E-state index in [9.17, 15) is 9.59 Å². The number of esters is 1. The van der Waals surface area contributed by atoms with Gasteiger partial charge in [-0.2, -0.15) is 0 Å². The van der Waals surface area contributed by atoms with Crippen LogP contribution in [0.25, 0.3) is 0 Å². The molecule has 0 fully saturated rings. The van der Waals surface area contributed by atoms with Gasteiger partial charge in [-0.05, 0) is 38.0 Å². The van der Waals surface area contributed by atoms with Gasteiger partial charge in [-0.3, -0.25) is 9.59 Å². The number of likely N-dealkylation sites (N-methyl/N-ethyl adjacent to an activating group) is 1. The van der Waals surface area contributed by atoms with Crippen molar-refractivity contribution in [3.63, 3.8) is 0 Å². The molecular formula is C16H23NO4. The number of aryl methyl sites for hydroxylation is 1. The Morgan fingerprint density at radius 1 is 1.19 bits per heavy atom. The molecule has 1 unspecified atom stereocenters. The number of carbonyl (C=O) groups is 2. The van der Waals surface area contributed by atoms with Crippen LogP contribution in [-0.2, 0) is 20.7 Å². The van der Waals surface area contributed by atoms with Crippen molar-refractivity contribution in [1.29, 1.82) is 0 Å². The second-order valence-corrected chi connectivity index (χ2v) is 4.76. The normalized spacial score (nSPS) is 11.6. The predicted octanol–water partition coefficient (Wildman–Crippen LogP) is 2.04. The van der Waals surface area contributed by atoms with E-state index in [0.29, 0.717) is 12.4 Å². The van der Waals surface area contributed by atoms with Crippen LogP contribution in [0, 0.1) is 0 Å². The lowest BCUT2D eigenvalue weighted by molar-refractivity contribution is -0.150. The van der Waals surface area contributed by atoms with E-state index < -0.39 is 12.1 Å². The Morgan fingerprint density at radius 2 is 1.81 bits per heavy atom. The molecule has 0 aliphatic carbocycles. The molecular weight excluding hydrogens is 270 g/mol. The van der Waals surface area contributed by atoms with E-state index >= 15 is 0 Å². The van der Waals surface area contributed by atoms with E-state index in [2.05, 4.69) is 6.92 Å².